The standard InChI is InChI=1S/C9H12BrNO3/c1-6-5-7(10)14-8(6)9(13)11(2)3-4-12/h5,12H,3-4H2,1-2H3. The predicted octanol–water partition coefficient (Wildman–Crippen LogP) is 1.41. The maximum absolute atomic E-state index is 11.7. The van der Waals surface area contributed by atoms with E-state index in [2.05, 4.69) is 15.9 Å². The van der Waals surface area contributed by atoms with Crippen LogP contribution in [-0.2, 0) is 0 Å². The van der Waals surface area contributed by atoms with Crippen molar-refractivity contribution in [2.45, 2.75) is 6.92 Å². The van der Waals surface area contributed by atoms with Gasteiger partial charge in [-0.15, -0.1) is 0 Å². The summed E-state index contributed by atoms with van der Waals surface area (Å²) < 4.78 is 5.73. The lowest BCUT2D eigenvalue weighted by Gasteiger charge is -2.13. The molecule has 1 rings (SSSR count). The van der Waals surface area contributed by atoms with E-state index in [9.17, 15) is 4.79 Å². The number of nitrogens with zero attached hydrogens (tertiary/aromatic N) is 1. The fourth-order valence-electron chi connectivity index (χ4n) is 1.08. The van der Waals surface area contributed by atoms with E-state index in [0.29, 0.717) is 17.0 Å². The molecule has 0 aliphatic heterocycles. The first kappa shape index (κ1) is 11.3. The van der Waals surface area contributed by atoms with Gasteiger partial charge in [-0.1, -0.05) is 0 Å². The van der Waals surface area contributed by atoms with Crippen LogP contribution in [0.2, 0.25) is 0 Å². The fraction of sp³-hybridized carbons (Fsp3) is 0.444. The number of carbonyl (C=O) groups excluding carboxylic acids is 1. The molecule has 0 fully saturated rings. The summed E-state index contributed by atoms with van der Waals surface area (Å²) >= 11 is 3.15. The average Bonchev–Trinajstić information content (AvgIpc) is 2.44. The average molecular weight is 262 g/mol. The molecule has 1 aromatic heterocycles. The van der Waals surface area contributed by atoms with Crippen molar-refractivity contribution in [2.24, 2.45) is 0 Å². The molecule has 5 heteroatoms. The molecule has 1 amide bonds. The molecule has 0 bridgehead atoms. The number of hydrogen-bond donors (Lipinski definition) is 1. The van der Waals surface area contributed by atoms with E-state index in [-0.39, 0.29) is 12.5 Å². The molecule has 1 heterocycles. The van der Waals surface area contributed by atoms with Crippen molar-refractivity contribution in [3.05, 3.63) is 22.1 Å². The van der Waals surface area contributed by atoms with Crippen molar-refractivity contribution in [3.63, 3.8) is 0 Å². The summed E-state index contributed by atoms with van der Waals surface area (Å²) in [5.41, 5.74) is 0.784. The third kappa shape index (κ3) is 2.36. The Kier molecular flexibility index (Phi) is 3.71. The Balaban J connectivity index is 2.83. The van der Waals surface area contributed by atoms with Gasteiger partial charge in [0.2, 0.25) is 0 Å². The van der Waals surface area contributed by atoms with Gasteiger partial charge in [-0.3, -0.25) is 4.79 Å². The monoisotopic (exact) mass is 261 g/mol. The van der Waals surface area contributed by atoms with Gasteiger partial charge in [-0.05, 0) is 28.9 Å². The summed E-state index contributed by atoms with van der Waals surface area (Å²) in [6.45, 7) is 2.05. The number of rotatable bonds is 3. The second kappa shape index (κ2) is 4.61. The van der Waals surface area contributed by atoms with Crippen molar-refractivity contribution in [2.75, 3.05) is 20.2 Å². The van der Waals surface area contributed by atoms with E-state index in [1.807, 2.05) is 0 Å². The van der Waals surface area contributed by atoms with Crippen molar-refractivity contribution in [1.29, 1.82) is 0 Å². The molecule has 0 unspecified atom stereocenters. The van der Waals surface area contributed by atoms with Crippen LogP contribution in [0.1, 0.15) is 16.1 Å². The second-order valence-corrected chi connectivity index (χ2v) is 3.79. The maximum atomic E-state index is 11.7. The number of aliphatic hydroxyl groups is 1. The summed E-state index contributed by atoms with van der Waals surface area (Å²) in [4.78, 5) is 13.1. The molecule has 0 spiro atoms. The summed E-state index contributed by atoms with van der Waals surface area (Å²) in [6.07, 6.45) is 0. The highest BCUT2D eigenvalue weighted by Gasteiger charge is 2.18. The topological polar surface area (TPSA) is 53.7 Å². The Morgan fingerprint density at radius 2 is 2.36 bits per heavy atom. The Morgan fingerprint density at radius 1 is 1.71 bits per heavy atom. The van der Waals surface area contributed by atoms with Crippen LogP contribution in [0.5, 0.6) is 0 Å². The van der Waals surface area contributed by atoms with Gasteiger partial charge in [-0.2, -0.15) is 0 Å². The maximum Gasteiger partial charge on any atom is 0.289 e. The summed E-state index contributed by atoms with van der Waals surface area (Å²) in [6, 6.07) is 1.74. The Morgan fingerprint density at radius 3 is 2.79 bits per heavy atom. The first-order valence-electron chi connectivity index (χ1n) is 4.18. The lowest BCUT2D eigenvalue weighted by Crippen LogP contribution is -2.29. The Bertz CT molecular complexity index is 335. The number of likely N-dealkylation sites (N-methyl/N-ethyl adjacent to an activating group) is 1. The summed E-state index contributed by atoms with van der Waals surface area (Å²) in [5.74, 6) is 0.0927. The van der Waals surface area contributed by atoms with Gasteiger partial charge in [0.1, 0.15) is 0 Å². The predicted molar refractivity (Wildman–Crippen MR) is 55.2 cm³/mol. The van der Waals surface area contributed by atoms with Gasteiger partial charge in [-0.25, -0.2) is 0 Å². The van der Waals surface area contributed by atoms with Gasteiger partial charge >= 0.3 is 0 Å². The van der Waals surface area contributed by atoms with Crippen molar-refractivity contribution in [3.8, 4) is 0 Å². The minimum atomic E-state index is -0.220. The van der Waals surface area contributed by atoms with Gasteiger partial charge < -0.3 is 14.4 Å². The molecule has 0 aromatic carbocycles. The second-order valence-electron chi connectivity index (χ2n) is 3.01. The van der Waals surface area contributed by atoms with Crippen LogP contribution in [0.3, 0.4) is 0 Å². The van der Waals surface area contributed by atoms with E-state index < -0.39 is 0 Å². The Hall–Kier alpha value is -0.810. The van der Waals surface area contributed by atoms with E-state index in [0.717, 1.165) is 5.56 Å². The van der Waals surface area contributed by atoms with Crippen LogP contribution in [0.25, 0.3) is 0 Å². The van der Waals surface area contributed by atoms with Crippen molar-refractivity contribution in [1.82, 2.24) is 4.90 Å². The minimum Gasteiger partial charge on any atom is -0.444 e. The zero-order chi connectivity index (χ0) is 10.7. The highest BCUT2D eigenvalue weighted by Crippen LogP contribution is 2.20. The van der Waals surface area contributed by atoms with Crippen LogP contribution in [-0.4, -0.2) is 36.1 Å². The summed E-state index contributed by atoms with van der Waals surface area (Å²) in [7, 11) is 1.62. The van der Waals surface area contributed by atoms with Crippen LogP contribution in [0.4, 0.5) is 0 Å². The highest BCUT2D eigenvalue weighted by atomic mass is 79.9. The quantitative estimate of drug-likeness (QED) is 0.896. The zero-order valence-corrected chi connectivity index (χ0v) is 9.67. The van der Waals surface area contributed by atoms with E-state index in [1.54, 1.807) is 20.0 Å². The number of furan rings is 1. The van der Waals surface area contributed by atoms with Gasteiger partial charge in [0.15, 0.2) is 10.4 Å². The van der Waals surface area contributed by atoms with Crippen molar-refractivity contribution < 1.29 is 14.3 Å². The third-order valence-corrected chi connectivity index (χ3v) is 2.25. The molecular formula is C9H12BrNO3. The first-order valence-corrected chi connectivity index (χ1v) is 4.97. The number of hydrogen-bond acceptors (Lipinski definition) is 3. The minimum absolute atomic E-state index is 0.0524. The molecule has 0 aliphatic rings. The van der Waals surface area contributed by atoms with Crippen LogP contribution in [0, 0.1) is 6.92 Å². The number of carbonyl (C=O) groups is 1. The number of aryl methyl sites for hydroxylation is 1. The van der Waals surface area contributed by atoms with E-state index >= 15 is 0 Å². The normalized spacial score (nSPS) is 10.3. The molecular weight excluding hydrogens is 250 g/mol. The van der Waals surface area contributed by atoms with Crippen molar-refractivity contribution >= 4 is 21.8 Å². The molecule has 0 atom stereocenters. The molecule has 0 saturated heterocycles. The molecule has 78 valence electrons. The summed E-state index contributed by atoms with van der Waals surface area (Å²) in [5, 5.41) is 8.67. The lowest BCUT2D eigenvalue weighted by molar-refractivity contribution is 0.0733. The zero-order valence-electron chi connectivity index (χ0n) is 8.08. The van der Waals surface area contributed by atoms with Crippen LogP contribution in [0.15, 0.2) is 15.2 Å². The molecule has 1 N–H and O–H groups in total. The van der Waals surface area contributed by atoms with Crippen LogP contribution < -0.4 is 0 Å². The lowest BCUT2D eigenvalue weighted by atomic mass is 10.2. The third-order valence-electron chi connectivity index (χ3n) is 1.86. The number of amides is 1. The SMILES string of the molecule is Cc1cc(Br)oc1C(=O)N(C)CCO. The fourth-order valence-corrected chi connectivity index (χ4v) is 1.59. The molecule has 1 aromatic rings. The van der Waals surface area contributed by atoms with Gasteiger partial charge in [0, 0.05) is 19.2 Å². The van der Waals surface area contributed by atoms with Gasteiger partial charge in [0.25, 0.3) is 5.91 Å². The van der Waals surface area contributed by atoms with E-state index in [4.69, 9.17) is 9.52 Å². The number of aliphatic hydroxyl groups excluding tert-OH is 1. The smallest absolute Gasteiger partial charge is 0.289 e. The molecule has 14 heavy (non-hydrogen) atoms. The first-order chi connectivity index (χ1) is 6.56. The van der Waals surface area contributed by atoms with Crippen LogP contribution >= 0.6 is 15.9 Å². The highest BCUT2D eigenvalue weighted by molar-refractivity contribution is 9.10. The van der Waals surface area contributed by atoms with E-state index in [1.165, 1.54) is 4.90 Å². The largest absolute Gasteiger partial charge is 0.444 e. The molecule has 0 aliphatic carbocycles. The molecule has 0 saturated carbocycles. The Labute approximate surface area is 90.6 Å². The molecule has 0 radical (unpaired) electrons. The number of halogens is 1. The van der Waals surface area contributed by atoms with Gasteiger partial charge in [0.05, 0.1) is 6.61 Å². The molecule has 4 nitrogen and oxygen atoms in total.